The average Bonchev–Trinajstić information content (AvgIpc) is 2.79. The number of halogens is 1. The van der Waals surface area contributed by atoms with Gasteiger partial charge in [0.1, 0.15) is 11.5 Å². The number of benzene rings is 3. The van der Waals surface area contributed by atoms with Crippen molar-refractivity contribution >= 4 is 43.0 Å². The van der Waals surface area contributed by atoms with Gasteiger partial charge in [0.25, 0.3) is 0 Å². The first kappa shape index (κ1) is 23.6. The number of ether oxygens (including phenoxy) is 2. The summed E-state index contributed by atoms with van der Waals surface area (Å²) in [5, 5.41) is 5.68. The molecule has 0 heterocycles. The molecule has 0 fully saturated rings. The molecule has 0 aromatic heterocycles. The van der Waals surface area contributed by atoms with Gasteiger partial charge >= 0.3 is 0 Å². The fourth-order valence-corrected chi connectivity index (χ4v) is 4.70. The second-order valence-corrected chi connectivity index (χ2v) is 9.48. The number of rotatable bonds is 9. The fraction of sp³-hybridized carbons (Fsp3) is 0.174. The van der Waals surface area contributed by atoms with Crippen LogP contribution in [0, 0.1) is 0 Å². The van der Waals surface area contributed by atoms with Crippen molar-refractivity contribution in [3.05, 3.63) is 71.2 Å². The van der Waals surface area contributed by atoms with Crippen LogP contribution in [-0.2, 0) is 14.6 Å². The van der Waals surface area contributed by atoms with Gasteiger partial charge in [0.2, 0.25) is 15.7 Å². The molecule has 3 aromatic rings. The van der Waals surface area contributed by atoms with E-state index in [0.29, 0.717) is 29.5 Å². The normalized spacial score (nSPS) is 11.0. The Hall–Kier alpha value is -3.04. The van der Waals surface area contributed by atoms with Crippen LogP contribution in [0.1, 0.15) is 6.92 Å². The highest BCUT2D eigenvalue weighted by Gasteiger charge is 2.23. The van der Waals surface area contributed by atoms with Gasteiger partial charge in [-0.25, -0.2) is 8.42 Å². The third-order valence-electron chi connectivity index (χ3n) is 4.50. The number of para-hydroxylation sites is 2. The molecule has 0 unspecified atom stereocenters. The lowest BCUT2D eigenvalue weighted by molar-refractivity contribution is -0.114. The highest BCUT2D eigenvalue weighted by Crippen LogP contribution is 2.32. The van der Waals surface area contributed by atoms with Gasteiger partial charge < -0.3 is 20.1 Å². The molecular formula is C23H23BrN2O5S. The minimum absolute atomic E-state index is 0.0239. The van der Waals surface area contributed by atoms with Gasteiger partial charge in [-0.3, -0.25) is 4.79 Å². The highest BCUT2D eigenvalue weighted by atomic mass is 79.9. The molecule has 168 valence electrons. The van der Waals surface area contributed by atoms with Crippen molar-refractivity contribution in [2.24, 2.45) is 0 Å². The Morgan fingerprint density at radius 1 is 1.00 bits per heavy atom. The molecular weight excluding hydrogens is 496 g/mol. The van der Waals surface area contributed by atoms with Crippen LogP contribution in [0.25, 0.3) is 0 Å². The lowest BCUT2D eigenvalue weighted by atomic mass is 10.3. The Bertz CT molecular complexity index is 1200. The molecule has 0 aliphatic heterocycles. The van der Waals surface area contributed by atoms with Crippen LogP contribution in [-0.4, -0.2) is 34.6 Å². The Kier molecular flexibility index (Phi) is 7.76. The molecule has 32 heavy (non-hydrogen) atoms. The van der Waals surface area contributed by atoms with Gasteiger partial charge in [-0.15, -0.1) is 0 Å². The van der Waals surface area contributed by atoms with E-state index in [4.69, 9.17) is 9.47 Å². The number of amides is 1. The van der Waals surface area contributed by atoms with Crippen molar-refractivity contribution < 1.29 is 22.7 Å². The number of anilines is 2. The quantitative estimate of drug-likeness (QED) is 0.424. The number of carbonyl (C=O) groups is 1. The van der Waals surface area contributed by atoms with E-state index in [1.165, 1.54) is 25.3 Å². The van der Waals surface area contributed by atoms with E-state index >= 15 is 0 Å². The zero-order valence-corrected chi connectivity index (χ0v) is 20.0. The lowest BCUT2D eigenvalue weighted by Crippen LogP contribution is -2.23. The maximum absolute atomic E-state index is 13.3. The van der Waals surface area contributed by atoms with Gasteiger partial charge in [0.05, 0.1) is 41.4 Å². The van der Waals surface area contributed by atoms with E-state index in [1.54, 1.807) is 48.5 Å². The van der Waals surface area contributed by atoms with Crippen molar-refractivity contribution in [3.8, 4) is 11.5 Å². The first-order valence-electron chi connectivity index (χ1n) is 9.79. The molecule has 0 aliphatic rings. The molecule has 0 saturated carbocycles. The van der Waals surface area contributed by atoms with Crippen LogP contribution < -0.4 is 20.1 Å². The molecule has 1 amide bonds. The molecule has 9 heteroatoms. The topological polar surface area (TPSA) is 93.7 Å². The van der Waals surface area contributed by atoms with Crippen LogP contribution in [0.15, 0.2) is 81.0 Å². The Labute approximate surface area is 195 Å². The Morgan fingerprint density at radius 2 is 1.72 bits per heavy atom. The molecule has 0 aliphatic carbocycles. The molecule has 0 bridgehead atoms. The van der Waals surface area contributed by atoms with Crippen molar-refractivity contribution in [1.82, 2.24) is 0 Å². The van der Waals surface area contributed by atoms with Crippen LogP contribution in [0.2, 0.25) is 0 Å². The summed E-state index contributed by atoms with van der Waals surface area (Å²) in [5.41, 5.74) is 0.822. The van der Waals surface area contributed by atoms with E-state index in [1.807, 2.05) is 6.92 Å². The Morgan fingerprint density at radius 3 is 2.41 bits per heavy atom. The second kappa shape index (κ2) is 10.5. The predicted octanol–water partition coefficient (Wildman–Crippen LogP) is 4.74. The summed E-state index contributed by atoms with van der Waals surface area (Å²) in [4.78, 5) is 12.6. The molecule has 2 N–H and O–H groups in total. The summed E-state index contributed by atoms with van der Waals surface area (Å²) in [6.45, 7) is 2.07. The smallest absolute Gasteiger partial charge is 0.243 e. The van der Waals surface area contributed by atoms with E-state index in [0.717, 1.165) is 4.47 Å². The van der Waals surface area contributed by atoms with Crippen molar-refractivity contribution in [2.45, 2.75) is 16.7 Å². The zero-order valence-electron chi connectivity index (χ0n) is 17.6. The van der Waals surface area contributed by atoms with Crippen LogP contribution >= 0.6 is 15.9 Å². The summed E-state index contributed by atoms with van der Waals surface area (Å²) in [7, 11) is -2.34. The largest absolute Gasteiger partial charge is 0.495 e. The first-order chi connectivity index (χ1) is 15.3. The van der Waals surface area contributed by atoms with E-state index in [-0.39, 0.29) is 22.2 Å². The summed E-state index contributed by atoms with van der Waals surface area (Å²) in [6, 6.07) is 18.1. The van der Waals surface area contributed by atoms with Crippen molar-refractivity contribution in [2.75, 3.05) is 30.9 Å². The van der Waals surface area contributed by atoms with Crippen LogP contribution in [0.4, 0.5) is 11.4 Å². The highest BCUT2D eigenvalue weighted by molar-refractivity contribution is 9.10. The van der Waals surface area contributed by atoms with Gasteiger partial charge in [0, 0.05) is 10.5 Å². The third-order valence-corrected chi connectivity index (χ3v) is 6.84. The van der Waals surface area contributed by atoms with Gasteiger partial charge in [-0.1, -0.05) is 28.1 Å². The minimum Gasteiger partial charge on any atom is -0.495 e. The number of hydrogen-bond donors (Lipinski definition) is 2. The minimum atomic E-state index is -3.86. The zero-order chi connectivity index (χ0) is 23.1. The van der Waals surface area contributed by atoms with Gasteiger partial charge in [0.15, 0.2) is 0 Å². The SMILES string of the molecule is CCOc1ccc(NCC(=O)Nc2ccccc2OC)c(S(=O)(=O)c2ccc(Br)cc2)c1. The average molecular weight is 519 g/mol. The summed E-state index contributed by atoms with van der Waals surface area (Å²) >= 11 is 3.31. The maximum atomic E-state index is 13.3. The number of methoxy groups -OCH3 is 1. The summed E-state index contributed by atoms with van der Waals surface area (Å²) in [5.74, 6) is 0.600. The standard InChI is InChI=1S/C23H23BrN2O5S/c1-3-31-17-10-13-20(22(14-17)32(28,29)18-11-8-16(24)9-12-18)25-15-23(27)26-19-6-4-5-7-21(19)30-2/h4-14,25H,3,15H2,1-2H3,(H,26,27). The summed E-state index contributed by atoms with van der Waals surface area (Å²) < 4.78 is 38.1. The number of hydrogen-bond acceptors (Lipinski definition) is 6. The fourth-order valence-electron chi connectivity index (χ4n) is 2.99. The summed E-state index contributed by atoms with van der Waals surface area (Å²) in [6.07, 6.45) is 0. The predicted molar refractivity (Wildman–Crippen MR) is 127 cm³/mol. The second-order valence-electron chi connectivity index (χ2n) is 6.65. The van der Waals surface area contributed by atoms with Crippen LogP contribution in [0.3, 0.4) is 0 Å². The van der Waals surface area contributed by atoms with E-state index < -0.39 is 9.84 Å². The van der Waals surface area contributed by atoms with Crippen molar-refractivity contribution in [3.63, 3.8) is 0 Å². The van der Waals surface area contributed by atoms with E-state index in [2.05, 4.69) is 26.6 Å². The van der Waals surface area contributed by atoms with Crippen LogP contribution in [0.5, 0.6) is 11.5 Å². The van der Waals surface area contributed by atoms with E-state index in [9.17, 15) is 13.2 Å². The Balaban J connectivity index is 1.86. The molecule has 0 spiro atoms. The number of sulfone groups is 1. The maximum Gasteiger partial charge on any atom is 0.243 e. The first-order valence-corrected chi connectivity index (χ1v) is 12.1. The molecule has 0 saturated heterocycles. The molecule has 3 rings (SSSR count). The number of carbonyl (C=O) groups excluding carboxylic acids is 1. The van der Waals surface area contributed by atoms with Gasteiger partial charge in [-0.05, 0) is 55.5 Å². The molecule has 3 aromatic carbocycles. The molecule has 7 nitrogen and oxygen atoms in total. The lowest BCUT2D eigenvalue weighted by Gasteiger charge is -2.15. The molecule has 0 radical (unpaired) electrons. The third kappa shape index (κ3) is 5.60. The molecule has 0 atom stereocenters. The van der Waals surface area contributed by atoms with Gasteiger partial charge in [-0.2, -0.15) is 0 Å². The number of nitrogens with one attached hydrogen (secondary N) is 2. The van der Waals surface area contributed by atoms with Crippen molar-refractivity contribution in [1.29, 1.82) is 0 Å². The monoisotopic (exact) mass is 518 g/mol.